The van der Waals surface area contributed by atoms with Gasteiger partial charge < -0.3 is 5.11 Å². The number of aliphatic hydroxyl groups excluding tert-OH is 1. The van der Waals surface area contributed by atoms with Crippen molar-refractivity contribution < 1.29 is 17.9 Å². The molecule has 2 aromatic rings. The molecule has 0 saturated heterocycles. The molecule has 0 spiro atoms. The normalized spacial score (nSPS) is 13.1. The highest BCUT2D eigenvalue weighted by molar-refractivity contribution is 7.89. The molecule has 0 aliphatic rings. The zero-order valence-corrected chi connectivity index (χ0v) is 12.3. The van der Waals surface area contributed by atoms with Crippen molar-refractivity contribution in [1.82, 2.24) is 4.72 Å². The molecule has 0 unspecified atom stereocenters. The van der Waals surface area contributed by atoms with Gasteiger partial charge in [0, 0.05) is 0 Å². The maximum absolute atomic E-state index is 13.5. The summed E-state index contributed by atoms with van der Waals surface area (Å²) < 4.78 is 40.4. The van der Waals surface area contributed by atoms with Crippen LogP contribution >= 0.6 is 0 Å². The van der Waals surface area contributed by atoms with E-state index in [1.165, 1.54) is 12.1 Å². The fourth-order valence-corrected chi connectivity index (χ4v) is 3.12. The van der Waals surface area contributed by atoms with Crippen LogP contribution in [0.1, 0.15) is 17.2 Å². The Hall–Kier alpha value is -1.76. The minimum atomic E-state index is -3.91. The van der Waals surface area contributed by atoms with Gasteiger partial charge in [0.2, 0.25) is 10.0 Å². The first kappa shape index (κ1) is 15.6. The second kappa shape index (κ2) is 6.34. The standard InChI is InChI=1S/C15H16FNO3S/c1-11-7-8-13(9-14(11)16)21(19,20)17-15(10-18)12-5-3-2-4-6-12/h2-9,15,17-18H,10H2,1H3/t15-/m0/s1. The van der Waals surface area contributed by atoms with Gasteiger partial charge in [-0.1, -0.05) is 36.4 Å². The fraction of sp³-hybridized carbons (Fsp3) is 0.200. The van der Waals surface area contributed by atoms with Crippen molar-refractivity contribution >= 4 is 10.0 Å². The number of aryl methyl sites for hydroxylation is 1. The molecule has 0 radical (unpaired) electrons. The van der Waals surface area contributed by atoms with Gasteiger partial charge in [-0.3, -0.25) is 0 Å². The third kappa shape index (κ3) is 3.66. The Morgan fingerprint density at radius 3 is 2.43 bits per heavy atom. The first-order valence-electron chi connectivity index (χ1n) is 6.38. The summed E-state index contributed by atoms with van der Waals surface area (Å²) >= 11 is 0. The molecule has 6 heteroatoms. The van der Waals surface area contributed by atoms with Gasteiger partial charge in [0.25, 0.3) is 0 Å². The van der Waals surface area contributed by atoms with Crippen LogP contribution in [0.2, 0.25) is 0 Å². The summed E-state index contributed by atoms with van der Waals surface area (Å²) in [6.07, 6.45) is 0. The van der Waals surface area contributed by atoms with Crippen LogP contribution in [-0.2, 0) is 10.0 Å². The summed E-state index contributed by atoms with van der Waals surface area (Å²) in [5.41, 5.74) is 1.01. The molecule has 2 N–H and O–H groups in total. The second-order valence-electron chi connectivity index (χ2n) is 4.68. The number of benzene rings is 2. The van der Waals surface area contributed by atoms with Crippen LogP contribution in [0.3, 0.4) is 0 Å². The van der Waals surface area contributed by atoms with Crippen LogP contribution < -0.4 is 4.72 Å². The minimum absolute atomic E-state index is 0.167. The Kier molecular flexibility index (Phi) is 4.72. The Labute approximate surface area is 123 Å². The highest BCUT2D eigenvalue weighted by atomic mass is 32.2. The zero-order valence-electron chi connectivity index (χ0n) is 11.5. The summed E-state index contributed by atoms with van der Waals surface area (Å²) in [6, 6.07) is 11.6. The number of sulfonamides is 1. The van der Waals surface area contributed by atoms with Gasteiger partial charge in [0.1, 0.15) is 5.82 Å². The van der Waals surface area contributed by atoms with E-state index in [1.807, 2.05) is 0 Å². The molecule has 2 rings (SSSR count). The highest BCUT2D eigenvalue weighted by Gasteiger charge is 2.21. The maximum atomic E-state index is 13.5. The fourth-order valence-electron chi connectivity index (χ4n) is 1.89. The van der Waals surface area contributed by atoms with E-state index in [2.05, 4.69) is 4.72 Å². The van der Waals surface area contributed by atoms with Crippen LogP contribution in [0.5, 0.6) is 0 Å². The third-order valence-electron chi connectivity index (χ3n) is 3.14. The van der Waals surface area contributed by atoms with Crippen molar-refractivity contribution in [2.45, 2.75) is 17.9 Å². The average molecular weight is 309 g/mol. The first-order chi connectivity index (χ1) is 9.94. The second-order valence-corrected chi connectivity index (χ2v) is 6.39. The predicted molar refractivity (Wildman–Crippen MR) is 77.7 cm³/mol. The number of rotatable bonds is 5. The molecule has 2 aromatic carbocycles. The number of aliphatic hydroxyl groups is 1. The lowest BCUT2D eigenvalue weighted by Crippen LogP contribution is -2.31. The molecule has 0 aromatic heterocycles. The van der Waals surface area contributed by atoms with E-state index in [9.17, 15) is 17.9 Å². The van der Waals surface area contributed by atoms with Gasteiger partial charge in [-0.2, -0.15) is 0 Å². The molecule has 0 saturated carbocycles. The molecule has 0 aliphatic heterocycles. The maximum Gasteiger partial charge on any atom is 0.241 e. The van der Waals surface area contributed by atoms with Gasteiger partial charge in [-0.15, -0.1) is 0 Å². The molecular formula is C15H16FNO3S. The van der Waals surface area contributed by atoms with E-state index in [0.717, 1.165) is 6.07 Å². The van der Waals surface area contributed by atoms with Crippen molar-refractivity contribution in [2.75, 3.05) is 6.61 Å². The molecule has 0 bridgehead atoms. The quantitative estimate of drug-likeness (QED) is 0.889. The van der Waals surface area contributed by atoms with Gasteiger partial charge in [-0.25, -0.2) is 17.5 Å². The molecule has 4 nitrogen and oxygen atoms in total. The lowest BCUT2D eigenvalue weighted by Gasteiger charge is -2.17. The van der Waals surface area contributed by atoms with E-state index in [1.54, 1.807) is 37.3 Å². The minimum Gasteiger partial charge on any atom is -0.394 e. The molecular weight excluding hydrogens is 293 g/mol. The number of hydrogen-bond donors (Lipinski definition) is 2. The largest absolute Gasteiger partial charge is 0.394 e. The van der Waals surface area contributed by atoms with Crippen molar-refractivity contribution in [2.24, 2.45) is 0 Å². The lowest BCUT2D eigenvalue weighted by molar-refractivity contribution is 0.259. The average Bonchev–Trinajstić information content (AvgIpc) is 2.48. The van der Waals surface area contributed by atoms with Crippen LogP contribution in [0.4, 0.5) is 4.39 Å². The molecule has 21 heavy (non-hydrogen) atoms. The van der Waals surface area contributed by atoms with E-state index >= 15 is 0 Å². The summed E-state index contributed by atoms with van der Waals surface area (Å²) in [7, 11) is -3.91. The summed E-state index contributed by atoms with van der Waals surface area (Å²) in [4.78, 5) is -0.167. The summed E-state index contributed by atoms with van der Waals surface area (Å²) in [5, 5.41) is 9.39. The van der Waals surface area contributed by atoms with Crippen LogP contribution in [0, 0.1) is 12.7 Å². The number of hydrogen-bond acceptors (Lipinski definition) is 3. The van der Waals surface area contributed by atoms with Gasteiger partial charge in [0.15, 0.2) is 0 Å². The van der Waals surface area contributed by atoms with Gasteiger partial charge in [-0.05, 0) is 30.2 Å². The highest BCUT2D eigenvalue weighted by Crippen LogP contribution is 2.18. The van der Waals surface area contributed by atoms with Crippen molar-refractivity contribution in [1.29, 1.82) is 0 Å². The molecule has 112 valence electrons. The smallest absolute Gasteiger partial charge is 0.241 e. The summed E-state index contributed by atoms with van der Waals surface area (Å²) in [6.45, 7) is 1.16. The SMILES string of the molecule is Cc1ccc(S(=O)(=O)N[C@@H](CO)c2ccccc2)cc1F. The third-order valence-corrected chi connectivity index (χ3v) is 4.60. The van der Waals surface area contributed by atoms with E-state index in [0.29, 0.717) is 11.1 Å². The molecule has 0 amide bonds. The van der Waals surface area contributed by atoms with Gasteiger partial charge >= 0.3 is 0 Å². The van der Waals surface area contributed by atoms with E-state index < -0.39 is 28.5 Å². The Balaban J connectivity index is 2.29. The molecule has 1 atom stereocenters. The predicted octanol–water partition coefficient (Wildman–Crippen LogP) is 2.15. The number of halogens is 1. The lowest BCUT2D eigenvalue weighted by atomic mass is 10.1. The summed E-state index contributed by atoms with van der Waals surface area (Å²) in [5.74, 6) is -0.585. The monoisotopic (exact) mass is 309 g/mol. The molecule has 0 fully saturated rings. The molecule has 0 aliphatic carbocycles. The van der Waals surface area contributed by atoms with Crippen LogP contribution in [0.25, 0.3) is 0 Å². The number of nitrogens with one attached hydrogen (secondary N) is 1. The van der Waals surface area contributed by atoms with Gasteiger partial charge in [0.05, 0.1) is 17.5 Å². The zero-order chi connectivity index (χ0) is 15.5. The van der Waals surface area contributed by atoms with E-state index in [-0.39, 0.29) is 4.90 Å². The Morgan fingerprint density at radius 1 is 1.19 bits per heavy atom. The first-order valence-corrected chi connectivity index (χ1v) is 7.86. The van der Waals surface area contributed by atoms with Crippen molar-refractivity contribution in [3.63, 3.8) is 0 Å². The topological polar surface area (TPSA) is 66.4 Å². The van der Waals surface area contributed by atoms with Crippen LogP contribution in [0.15, 0.2) is 53.4 Å². The Morgan fingerprint density at radius 2 is 1.86 bits per heavy atom. The van der Waals surface area contributed by atoms with Crippen molar-refractivity contribution in [3.05, 3.63) is 65.5 Å². The van der Waals surface area contributed by atoms with E-state index in [4.69, 9.17) is 0 Å². The Bertz CT molecular complexity index is 717. The van der Waals surface area contributed by atoms with Crippen molar-refractivity contribution in [3.8, 4) is 0 Å². The van der Waals surface area contributed by atoms with Crippen LogP contribution in [-0.4, -0.2) is 20.1 Å². The molecule has 0 heterocycles.